The fraction of sp³-hybridized carbons (Fsp3) is 0.200. The summed E-state index contributed by atoms with van der Waals surface area (Å²) in [5, 5.41) is 0.234. The van der Waals surface area contributed by atoms with Crippen LogP contribution >= 0.6 is 27.5 Å². The summed E-state index contributed by atoms with van der Waals surface area (Å²) < 4.78 is 28.2. The van der Waals surface area contributed by atoms with Crippen molar-refractivity contribution >= 4 is 39.1 Å². The Balaban J connectivity index is 1.92. The first-order valence-corrected chi connectivity index (χ1v) is 7.72. The summed E-state index contributed by atoms with van der Waals surface area (Å²) in [5.41, 5.74) is 0.795. The van der Waals surface area contributed by atoms with Gasteiger partial charge < -0.3 is 4.90 Å². The van der Waals surface area contributed by atoms with E-state index in [4.69, 9.17) is 11.6 Å². The fourth-order valence-electron chi connectivity index (χ4n) is 2.55. The number of fused-ring (bicyclic) bond motifs is 1. The smallest absolute Gasteiger partial charge is 0.231 e. The van der Waals surface area contributed by atoms with Crippen molar-refractivity contribution in [3.63, 3.8) is 0 Å². The molecular weight excluding hydrogens is 378 g/mol. The van der Waals surface area contributed by atoms with Gasteiger partial charge in [-0.3, -0.25) is 4.79 Å². The van der Waals surface area contributed by atoms with E-state index in [0.29, 0.717) is 5.56 Å². The van der Waals surface area contributed by atoms with Gasteiger partial charge >= 0.3 is 0 Å². The van der Waals surface area contributed by atoms with Gasteiger partial charge in [-0.2, -0.15) is 0 Å². The van der Waals surface area contributed by atoms with E-state index >= 15 is 0 Å². The first kappa shape index (κ1) is 15.4. The van der Waals surface area contributed by atoms with E-state index in [1.807, 2.05) is 0 Å². The van der Waals surface area contributed by atoms with Crippen LogP contribution in [0.2, 0.25) is 5.15 Å². The van der Waals surface area contributed by atoms with Gasteiger partial charge in [-0.1, -0.05) is 17.7 Å². The molecule has 1 aliphatic heterocycles. The number of aromatic nitrogens is 1. The Morgan fingerprint density at radius 3 is 2.95 bits per heavy atom. The normalized spacial score (nSPS) is 13.4. The van der Waals surface area contributed by atoms with E-state index in [1.54, 1.807) is 12.1 Å². The van der Waals surface area contributed by atoms with Crippen molar-refractivity contribution in [1.29, 1.82) is 0 Å². The van der Waals surface area contributed by atoms with E-state index in [-0.39, 0.29) is 46.2 Å². The van der Waals surface area contributed by atoms with E-state index < -0.39 is 11.6 Å². The number of hydrogen-bond acceptors (Lipinski definition) is 2. The highest BCUT2D eigenvalue weighted by Gasteiger charge is 2.31. The Morgan fingerprint density at radius 2 is 2.23 bits per heavy atom. The number of amides is 1. The van der Waals surface area contributed by atoms with Gasteiger partial charge in [-0.05, 0) is 40.0 Å². The molecule has 0 atom stereocenters. The first-order valence-electron chi connectivity index (χ1n) is 6.55. The molecule has 0 spiro atoms. The Morgan fingerprint density at radius 1 is 1.45 bits per heavy atom. The minimum absolute atomic E-state index is 0.0107. The summed E-state index contributed by atoms with van der Waals surface area (Å²) >= 11 is 8.91. The third-order valence-electron chi connectivity index (χ3n) is 3.57. The number of nitrogens with zero attached hydrogens (tertiary/aromatic N) is 2. The number of rotatable bonds is 2. The van der Waals surface area contributed by atoms with Crippen molar-refractivity contribution in [3.8, 4) is 0 Å². The number of carbonyl (C=O) groups excluding carboxylic acids is 1. The van der Waals surface area contributed by atoms with Crippen LogP contribution in [0.25, 0.3) is 0 Å². The van der Waals surface area contributed by atoms with Crippen molar-refractivity contribution in [3.05, 3.63) is 56.8 Å². The number of pyridine rings is 1. The van der Waals surface area contributed by atoms with Crippen molar-refractivity contribution in [2.24, 2.45) is 0 Å². The zero-order valence-corrected chi connectivity index (χ0v) is 13.6. The lowest BCUT2D eigenvalue weighted by atomic mass is 10.1. The Kier molecular flexibility index (Phi) is 4.14. The molecule has 2 heterocycles. The molecule has 0 fully saturated rings. The van der Waals surface area contributed by atoms with Crippen LogP contribution in [-0.4, -0.2) is 17.4 Å². The molecule has 1 aromatic carbocycles. The van der Waals surface area contributed by atoms with Gasteiger partial charge in [0.25, 0.3) is 0 Å². The van der Waals surface area contributed by atoms with E-state index in [9.17, 15) is 13.6 Å². The number of carbonyl (C=O) groups is 1. The topological polar surface area (TPSA) is 33.2 Å². The monoisotopic (exact) mass is 386 g/mol. The van der Waals surface area contributed by atoms with Crippen molar-refractivity contribution in [2.75, 3.05) is 11.4 Å². The molecule has 1 aliphatic rings. The number of anilines is 1. The highest BCUT2D eigenvalue weighted by molar-refractivity contribution is 9.10. The summed E-state index contributed by atoms with van der Waals surface area (Å²) in [6, 6.07) is 4.39. The summed E-state index contributed by atoms with van der Waals surface area (Å²) in [4.78, 5) is 17.6. The van der Waals surface area contributed by atoms with Crippen LogP contribution in [0, 0.1) is 11.6 Å². The number of benzene rings is 1. The number of halogens is 4. The van der Waals surface area contributed by atoms with E-state index in [1.165, 1.54) is 11.1 Å². The fourth-order valence-corrected chi connectivity index (χ4v) is 3.18. The molecule has 0 radical (unpaired) electrons. The summed E-state index contributed by atoms with van der Waals surface area (Å²) in [7, 11) is 0. The van der Waals surface area contributed by atoms with Crippen LogP contribution in [0.5, 0.6) is 0 Å². The van der Waals surface area contributed by atoms with Crippen molar-refractivity contribution < 1.29 is 13.6 Å². The van der Waals surface area contributed by atoms with Gasteiger partial charge in [-0.15, -0.1) is 0 Å². The Labute approximate surface area is 139 Å². The standard InChI is InChI=1S/C15H10BrClF2N2O/c16-10-7-11(18)14-9(13(10)19)3-5-21(14)12(22)6-8-2-1-4-20-15(8)17/h1-2,4,7H,3,5-6H2. The van der Waals surface area contributed by atoms with Gasteiger partial charge in [0.2, 0.25) is 5.91 Å². The molecule has 7 heteroatoms. The molecule has 3 nitrogen and oxygen atoms in total. The number of hydrogen-bond donors (Lipinski definition) is 0. The average Bonchev–Trinajstić information content (AvgIpc) is 2.93. The van der Waals surface area contributed by atoms with Crippen molar-refractivity contribution in [1.82, 2.24) is 4.98 Å². The minimum atomic E-state index is -0.619. The second-order valence-corrected chi connectivity index (χ2v) is 6.12. The SMILES string of the molecule is O=C(Cc1cccnc1Cl)N1CCc2c(F)c(Br)cc(F)c21. The summed E-state index contributed by atoms with van der Waals surface area (Å²) in [5.74, 6) is -1.48. The maximum Gasteiger partial charge on any atom is 0.231 e. The molecule has 0 saturated heterocycles. The van der Waals surface area contributed by atoms with Gasteiger partial charge in [0.15, 0.2) is 0 Å². The average molecular weight is 388 g/mol. The van der Waals surface area contributed by atoms with Crippen molar-refractivity contribution in [2.45, 2.75) is 12.8 Å². The molecule has 3 rings (SSSR count). The van der Waals surface area contributed by atoms with Crippen LogP contribution in [0.1, 0.15) is 11.1 Å². The largest absolute Gasteiger partial charge is 0.309 e. The zero-order chi connectivity index (χ0) is 15.9. The van der Waals surface area contributed by atoms with Crippen LogP contribution in [-0.2, 0) is 17.6 Å². The minimum Gasteiger partial charge on any atom is -0.309 e. The zero-order valence-electron chi connectivity index (χ0n) is 11.2. The maximum absolute atomic E-state index is 14.1. The van der Waals surface area contributed by atoms with E-state index in [0.717, 1.165) is 6.07 Å². The second-order valence-electron chi connectivity index (χ2n) is 4.91. The second kappa shape index (κ2) is 5.93. The van der Waals surface area contributed by atoms with Gasteiger partial charge in [0.1, 0.15) is 16.8 Å². The molecule has 0 saturated carbocycles. The molecule has 1 aromatic heterocycles. The van der Waals surface area contributed by atoms with Crippen LogP contribution in [0.3, 0.4) is 0 Å². The molecule has 0 unspecified atom stereocenters. The molecule has 0 N–H and O–H groups in total. The predicted octanol–water partition coefficient (Wildman–Crippen LogP) is 3.91. The molecule has 2 aromatic rings. The molecule has 22 heavy (non-hydrogen) atoms. The molecule has 0 bridgehead atoms. The summed E-state index contributed by atoms with van der Waals surface area (Å²) in [6.45, 7) is 0.246. The highest BCUT2D eigenvalue weighted by Crippen LogP contribution is 2.36. The quantitative estimate of drug-likeness (QED) is 0.578. The first-order chi connectivity index (χ1) is 10.5. The highest BCUT2D eigenvalue weighted by atomic mass is 79.9. The Bertz CT molecular complexity index is 769. The van der Waals surface area contributed by atoms with E-state index in [2.05, 4.69) is 20.9 Å². The van der Waals surface area contributed by atoms with Crippen LogP contribution in [0.15, 0.2) is 28.9 Å². The lowest BCUT2D eigenvalue weighted by molar-refractivity contribution is -0.117. The van der Waals surface area contributed by atoms with Gasteiger partial charge in [0.05, 0.1) is 16.6 Å². The molecule has 114 valence electrons. The third kappa shape index (κ3) is 2.61. The molecular formula is C15H10BrClF2N2O. The lowest BCUT2D eigenvalue weighted by Gasteiger charge is -2.18. The van der Waals surface area contributed by atoms with Gasteiger partial charge in [0, 0.05) is 18.3 Å². The van der Waals surface area contributed by atoms with Crippen LogP contribution in [0.4, 0.5) is 14.5 Å². The predicted molar refractivity (Wildman–Crippen MR) is 83.1 cm³/mol. The lowest BCUT2D eigenvalue weighted by Crippen LogP contribution is -2.31. The molecule has 0 aliphatic carbocycles. The Hall–Kier alpha value is -1.53. The third-order valence-corrected chi connectivity index (χ3v) is 4.49. The molecule has 1 amide bonds. The summed E-state index contributed by atoms with van der Waals surface area (Å²) in [6.07, 6.45) is 1.79. The van der Waals surface area contributed by atoms with Crippen LogP contribution < -0.4 is 4.90 Å². The maximum atomic E-state index is 14.1. The van der Waals surface area contributed by atoms with Gasteiger partial charge in [-0.25, -0.2) is 13.8 Å².